The summed E-state index contributed by atoms with van der Waals surface area (Å²) in [5, 5.41) is 20.0. The van der Waals surface area contributed by atoms with Crippen LogP contribution in [-0.4, -0.2) is 28.0 Å². The van der Waals surface area contributed by atoms with Gasteiger partial charge in [0.05, 0.1) is 6.07 Å². The highest BCUT2D eigenvalue weighted by atomic mass is 16.4. The Hall–Kier alpha value is -2.42. The van der Waals surface area contributed by atoms with Crippen LogP contribution in [0.15, 0.2) is 24.5 Å². The molecule has 94 valence electrons. The van der Waals surface area contributed by atoms with Crippen molar-refractivity contribution < 1.29 is 14.7 Å². The van der Waals surface area contributed by atoms with Crippen molar-refractivity contribution in [2.75, 3.05) is 0 Å². The third-order valence-corrected chi connectivity index (χ3v) is 2.48. The number of nitriles is 1. The lowest BCUT2D eigenvalue weighted by molar-refractivity contribution is -0.140. The van der Waals surface area contributed by atoms with E-state index in [1.807, 2.05) is 6.07 Å². The van der Waals surface area contributed by atoms with Gasteiger partial charge in [-0.2, -0.15) is 5.26 Å². The molecule has 0 aliphatic carbocycles. The van der Waals surface area contributed by atoms with E-state index in [9.17, 15) is 9.59 Å². The number of hydrogen-bond acceptors (Lipinski definition) is 4. The summed E-state index contributed by atoms with van der Waals surface area (Å²) in [5.41, 5.74) is 0.334. The minimum absolute atomic E-state index is 0.0631. The predicted octanol–water partition coefficient (Wildman–Crippen LogP) is 0.814. The van der Waals surface area contributed by atoms with E-state index in [-0.39, 0.29) is 6.42 Å². The second-order valence-electron chi connectivity index (χ2n) is 3.86. The topological polar surface area (TPSA) is 103 Å². The van der Waals surface area contributed by atoms with Gasteiger partial charge in [0.1, 0.15) is 6.04 Å². The van der Waals surface area contributed by atoms with Crippen molar-refractivity contribution in [2.45, 2.75) is 19.4 Å². The van der Waals surface area contributed by atoms with Crippen LogP contribution in [-0.2, 0) is 4.79 Å². The monoisotopic (exact) mass is 247 g/mol. The normalized spacial score (nSPS) is 13.1. The zero-order chi connectivity index (χ0) is 13.5. The minimum Gasteiger partial charge on any atom is -0.480 e. The highest BCUT2D eigenvalue weighted by Gasteiger charge is 2.26. The number of pyridine rings is 1. The van der Waals surface area contributed by atoms with E-state index in [2.05, 4.69) is 10.3 Å². The predicted molar refractivity (Wildman–Crippen MR) is 62.5 cm³/mol. The quantitative estimate of drug-likeness (QED) is 0.801. The van der Waals surface area contributed by atoms with Gasteiger partial charge in [0.25, 0.3) is 5.91 Å². The summed E-state index contributed by atoms with van der Waals surface area (Å²) in [5.74, 6) is -2.10. The number of carbonyl (C=O) groups is 2. The fourth-order valence-corrected chi connectivity index (χ4v) is 1.44. The largest absolute Gasteiger partial charge is 0.480 e. The molecule has 1 amide bonds. The highest BCUT2D eigenvalue weighted by Crippen LogP contribution is 2.09. The zero-order valence-electron chi connectivity index (χ0n) is 9.83. The first kappa shape index (κ1) is 13.6. The molecule has 0 spiro atoms. The van der Waals surface area contributed by atoms with Gasteiger partial charge in [-0.1, -0.05) is 6.92 Å². The first-order chi connectivity index (χ1) is 8.56. The fourth-order valence-electron chi connectivity index (χ4n) is 1.44. The molecule has 0 saturated heterocycles. The van der Waals surface area contributed by atoms with Crippen molar-refractivity contribution in [3.05, 3.63) is 30.1 Å². The number of nitrogens with zero attached hydrogens (tertiary/aromatic N) is 2. The summed E-state index contributed by atoms with van der Waals surface area (Å²) in [7, 11) is 0. The van der Waals surface area contributed by atoms with Gasteiger partial charge in [-0.3, -0.25) is 9.78 Å². The van der Waals surface area contributed by atoms with Crippen molar-refractivity contribution >= 4 is 11.9 Å². The number of hydrogen-bond donors (Lipinski definition) is 2. The molecule has 2 atom stereocenters. The minimum atomic E-state index is -1.15. The molecule has 18 heavy (non-hydrogen) atoms. The number of carboxylic acid groups (broad SMARTS) is 1. The molecule has 0 unspecified atom stereocenters. The van der Waals surface area contributed by atoms with Crippen molar-refractivity contribution in [3.63, 3.8) is 0 Å². The van der Waals surface area contributed by atoms with Gasteiger partial charge in [0, 0.05) is 30.3 Å². The SMILES string of the molecule is C[C@H](CC#N)[C@@H](NC(=O)c1ccncc1)C(=O)O. The van der Waals surface area contributed by atoms with Crippen LogP contribution in [0.25, 0.3) is 0 Å². The van der Waals surface area contributed by atoms with E-state index in [0.29, 0.717) is 5.56 Å². The molecule has 6 heteroatoms. The van der Waals surface area contributed by atoms with Crippen LogP contribution in [0, 0.1) is 17.2 Å². The molecule has 0 radical (unpaired) electrons. The second-order valence-corrected chi connectivity index (χ2v) is 3.86. The number of rotatable bonds is 5. The number of carbonyl (C=O) groups excluding carboxylic acids is 1. The molecule has 0 aliphatic heterocycles. The Morgan fingerprint density at radius 3 is 2.61 bits per heavy atom. The smallest absolute Gasteiger partial charge is 0.326 e. The van der Waals surface area contributed by atoms with Crippen LogP contribution in [0.3, 0.4) is 0 Å². The van der Waals surface area contributed by atoms with Gasteiger partial charge in [-0.25, -0.2) is 4.79 Å². The highest BCUT2D eigenvalue weighted by molar-refractivity contribution is 5.96. The molecule has 0 saturated carbocycles. The Labute approximate surface area is 104 Å². The molecule has 1 rings (SSSR count). The third-order valence-electron chi connectivity index (χ3n) is 2.48. The zero-order valence-corrected chi connectivity index (χ0v) is 9.83. The molecule has 0 bridgehead atoms. The maximum atomic E-state index is 11.8. The van der Waals surface area contributed by atoms with E-state index in [0.717, 1.165) is 0 Å². The summed E-state index contributed by atoms with van der Waals surface area (Å²) >= 11 is 0. The van der Waals surface area contributed by atoms with Crippen LogP contribution in [0.4, 0.5) is 0 Å². The average Bonchev–Trinajstić information content (AvgIpc) is 2.36. The number of carboxylic acids is 1. The summed E-state index contributed by atoms with van der Waals surface area (Å²) in [6.07, 6.45) is 2.96. The molecule has 0 aromatic carbocycles. The Morgan fingerprint density at radius 1 is 1.50 bits per heavy atom. The van der Waals surface area contributed by atoms with E-state index >= 15 is 0 Å². The lowest BCUT2D eigenvalue weighted by Gasteiger charge is -2.19. The average molecular weight is 247 g/mol. The Balaban J connectivity index is 2.77. The molecule has 2 N–H and O–H groups in total. The maximum Gasteiger partial charge on any atom is 0.326 e. The maximum absolute atomic E-state index is 11.8. The van der Waals surface area contributed by atoms with Gasteiger partial charge in [0.15, 0.2) is 0 Å². The van der Waals surface area contributed by atoms with Crippen LogP contribution < -0.4 is 5.32 Å². The summed E-state index contributed by atoms with van der Waals surface area (Å²) < 4.78 is 0. The lowest BCUT2D eigenvalue weighted by Crippen LogP contribution is -2.45. The number of aromatic nitrogens is 1. The summed E-state index contributed by atoms with van der Waals surface area (Å²) in [6, 6.07) is 3.79. The van der Waals surface area contributed by atoms with Gasteiger partial charge in [-0.05, 0) is 12.1 Å². The Morgan fingerprint density at radius 2 is 2.11 bits per heavy atom. The lowest BCUT2D eigenvalue weighted by atomic mass is 9.98. The molecule has 6 nitrogen and oxygen atoms in total. The first-order valence-corrected chi connectivity index (χ1v) is 5.37. The Kier molecular flexibility index (Phi) is 4.81. The van der Waals surface area contributed by atoms with Gasteiger partial charge in [0.2, 0.25) is 0 Å². The molecular formula is C12H13N3O3. The van der Waals surface area contributed by atoms with Crippen molar-refractivity contribution in [3.8, 4) is 6.07 Å². The van der Waals surface area contributed by atoms with Crippen molar-refractivity contribution in [1.29, 1.82) is 5.26 Å². The van der Waals surface area contributed by atoms with E-state index in [1.165, 1.54) is 24.5 Å². The van der Waals surface area contributed by atoms with E-state index < -0.39 is 23.8 Å². The molecule has 0 fully saturated rings. The summed E-state index contributed by atoms with van der Waals surface area (Å²) in [6.45, 7) is 1.61. The summed E-state index contributed by atoms with van der Waals surface area (Å²) in [4.78, 5) is 26.6. The van der Waals surface area contributed by atoms with Gasteiger partial charge in [-0.15, -0.1) is 0 Å². The molecule has 1 aromatic heterocycles. The number of nitrogens with one attached hydrogen (secondary N) is 1. The second kappa shape index (κ2) is 6.35. The van der Waals surface area contributed by atoms with E-state index in [4.69, 9.17) is 10.4 Å². The molecule has 0 aliphatic rings. The molecule has 1 heterocycles. The van der Waals surface area contributed by atoms with Gasteiger partial charge < -0.3 is 10.4 Å². The van der Waals surface area contributed by atoms with Crippen molar-refractivity contribution in [1.82, 2.24) is 10.3 Å². The van der Waals surface area contributed by atoms with Crippen LogP contribution in [0.2, 0.25) is 0 Å². The fraction of sp³-hybridized carbons (Fsp3) is 0.333. The Bertz CT molecular complexity index is 467. The third kappa shape index (κ3) is 3.56. The first-order valence-electron chi connectivity index (χ1n) is 5.37. The standard InChI is InChI=1S/C12H13N3O3/c1-8(2-5-13)10(12(17)18)15-11(16)9-3-6-14-7-4-9/h3-4,6-8,10H,2H2,1H3,(H,15,16)(H,17,18)/t8-,10-/m1/s1. The van der Waals surface area contributed by atoms with Crippen LogP contribution in [0.5, 0.6) is 0 Å². The number of amides is 1. The van der Waals surface area contributed by atoms with Crippen LogP contribution >= 0.6 is 0 Å². The number of aliphatic carboxylic acids is 1. The van der Waals surface area contributed by atoms with Gasteiger partial charge >= 0.3 is 5.97 Å². The molecule has 1 aromatic rings. The molecular weight excluding hydrogens is 234 g/mol. The van der Waals surface area contributed by atoms with Crippen LogP contribution in [0.1, 0.15) is 23.7 Å². The van der Waals surface area contributed by atoms with Crippen molar-refractivity contribution in [2.24, 2.45) is 5.92 Å². The van der Waals surface area contributed by atoms with E-state index in [1.54, 1.807) is 6.92 Å².